The number of aliphatic imine (C=N–C) groups is 1. The molecule has 0 saturated carbocycles. The summed E-state index contributed by atoms with van der Waals surface area (Å²) in [5.74, 6) is 0. The Balaban J connectivity index is 2.18. The number of nitrogens with zero attached hydrogens (tertiary/aromatic N) is 2. The van der Waals surface area contributed by atoms with Crippen LogP contribution in [-0.4, -0.2) is 17.8 Å². The molecule has 0 aromatic carbocycles. The van der Waals surface area contributed by atoms with Gasteiger partial charge in [-0.2, -0.15) is 0 Å². The maximum Gasteiger partial charge on any atom is 0.0975 e. The molecule has 3 rings (SSSR count). The molecule has 0 unspecified atom stereocenters. The zero-order valence-corrected chi connectivity index (χ0v) is 6.03. The van der Waals surface area contributed by atoms with Crippen molar-refractivity contribution < 1.29 is 4.42 Å². The van der Waals surface area contributed by atoms with Crippen molar-refractivity contribution in [3.63, 3.8) is 0 Å². The van der Waals surface area contributed by atoms with Gasteiger partial charge in [0.15, 0.2) is 0 Å². The van der Waals surface area contributed by atoms with Crippen molar-refractivity contribution in [2.45, 2.75) is 12.6 Å². The van der Waals surface area contributed by atoms with Crippen molar-refractivity contribution in [1.82, 2.24) is 4.90 Å². The van der Waals surface area contributed by atoms with Crippen LogP contribution in [0, 0.1) is 0 Å². The Kier molecular flexibility index (Phi) is 0.820. The summed E-state index contributed by atoms with van der Waals surface area (Å²) in [4.78, 5) is 6.56. The lowest BCUT2D eigenvalue weighted by Crippen LogP contribution is -2.24. The first-order valence-electron chi connectivity index (χ1n) is 3.76. The highest BCUT2D eigenvalue weighted by atomic mass is 16.3. The topological polar surface area (TPSA) is 28.7 Å². The minimum atomic E-state index is 0.345. The van der Waals surface area contributed by atoms with Gasteiger partial charge >= 0.3 is 0 Å². The van der Waals surface area contributed by atoms with Gasteiger partial charge in [-0.15, -0.1) is 0 Å². The highest BCUT2D eigenvalue weighted by Crippen LogP contribution is 2.32. The predicted octanol–water partition coefficient (Wildman–Crippen LogP) is 1.18. The minimum absolute atomic E-state index is 0.345. The Labute approximate surface area is 64.3 Å². The Morgan fingerprint density at radius 2 is 2.55 bits per heavy atom. The third kappa shape index (κ3) is 0.601. The Hall–Kier alpha value is -1.25. The Bertz CT molecular complexity index is 316. The molecule has 0 spiro atoms. The molecule has 1 aromatic heterocycles. The standard InChI is InChI=1S/C8H8N2O/c1-6-3-11-4-7(6)8-2-10(1)5-9-8/h3-5,8H,1-2H2/t8-/m0/s1. The lowest BCUT2D eigenvalue weighted by atomic mass is 10.0. The van der Waals surface area contributed by atoms with Gasteiger partial charge in [0.25, 0.3) is 0 Å². The van der Waals surface area contributed by atoms with E-state index in [1.54, 1.807) is 0 Å². The molecular weight excluding hydrogens is 140 g/mol. The van der Waals surface area contributed by atoms with Crippen molar-refractivity contribution in [1.29, 1.82) is 0 Å². The van der Waals surface area contributed by atoms with Gasteiger partial charge in [0, 0.05) is 24.2 Å². The normalized spacial score (nSPS) is 25.8. The second-order valence-corrected chi connectivity index (χ2v) is 3.06. The van der Waals surface area contributed by atoms with E-state index in [1.807, 2.05) is 18.9 Å². The SMILES string of the molecule is C1=N[C@H]2CN1Cc1cocc12. The van der Waals surface area contributed by atoms with Gasteiger partial charge in [0.05, 0.1) is 24.9 Å². The van der Waals surface area contributed by atoms with E-state index < -0.39 is 0 Å². The molecule has 3 heterocycles. The fraction of sp³-hybridized carbons (Fsp3) is 0.375. The summed E-state index contributed by atoms with van der Waals surface area (Å²) < 4.78 is 5.12. The van der Waals surface area contributed by atoms with Crippen LogP contribution in [0.15, 0.2) is 21.9 Å². The molecule has 3 heteroatoms. The molecule has 1 atom stereocenters. The highest BCUT2D eigenvalue weighted by Gasteiger charge is 2.28. The van der Waals surface area contributed by atoms with Crippen molar-refractivity contribution in [3.8, 4) is 0 Å². The maximum atomic E-state index is 5.12. The average Bonchev–Trinajstić information content (AvgIpc) is 2.58. The molecule has 56 valence electrons. The summed E-state index contributed by atoms with van der Waals surface area (Å²) in [5.41, 5.74) is 2.56. The number of rotatable bonds is 0. The first kappa shape index (κ1) is 5.41. The molecule has 0 N–H and O–H groups in total. The molecule has 2 aliphatic heterocycles. The summed E-state index contributed by atoms with van der Waals surface area (Å²) in [6.45, 7) is 2.00. The highest BCUT2D eigenvalue weighted by molar-refractivity contribution is 5.60. The second kappa shape index (κ2) is 1.67. The monoisotopic (exact) mass is 148 g/mol. The zero-order chi connectivity index (χ0) is 7.26. The second-order valence-electron chi connectivity index (χ2n) is 3.06. The van der Waals surface area contributed by atoms with Crippen molar-refractivity contribution in [3.05, 3.63) is 23.7 Å². The molecule has 2 aliphatic rings. The lowest BCUT2D eigenvalue weighted by Gasteiger charge is -2.21. The van der Waals surface area contributed by atoms with E-state index >= 15 is 0 Å². The average molecular weight is 148 g/mol. The number of hydrogen-bond acceptors (Lipinski definition) is 3. The van der Waals surface area contributed by atoms with E-state index in [-0.39, 0.29) is 0 Å². The third-order valence-electron chi connectivity index (χ3n) is 2.33. The largest absolute Gasteiger partial charge is 0.472 e. The van der Waals surface area contributed by atoms with Gasteiger partial charge in [-0.1, -0.05) is 0 Å². The van der Waals surface area contributed by atoms with E-state index in [1.165, 1.54) is 11.1 Å². The van der Waals surface area contributed by atoms with Gasteiger partial charge in [0.1, 0.15) is 0 Å². The molecular formula is C8H8N2O. The molecule has 2 bridgehead atoms. The number of furan rings is 1. The fourth-order valence-corrected chi connectivity index (χ4v) is 1.75. The predicted molar refractivity (Wildman–Crippen MR) is 40.4 cm³/mol. The van der Waals surface area contributed by atoms with E-state index in [4.69, 9.17) is 4.42 Å². The Morgan fingerprint density at radius 1 is 1.55 bits per heavy atom. The van der Waals surface area contributed by atoms with Crippen molar-refractivity contribution >= 4 is 6.34 Å². The molecule has 0 saturated heterocycles. The summed E-state index contributed by atoms with van der Waals surface area (Å²) in [5, 5.41) is 0. The molecule has 0 fully saturated rings. The summed E-state index contributed by atoms with van der Waals surface area (Å²) in [6, 6.07) is 0.345. The molecule has 0 amide bonds. The van der Waals surface area contributed by atoms with Crippen LogP contribution in [0.25, 0.3) is 0 Å². The van der Waals surface area contributed by atoms with Crippen LogP contribution in [-0.2, 0) is 6.54 Å². The fourth-order valence-electron chi connectivity index (χ4n) is 1.75. The summed E-state index contributed by atoms with van der Waals surface area (Å²) in [7, 11) is 0. The van der Waals surface area contributed by atoms with E-state index in [0.29, 0.717) is 6.04 Å². The third-order valence-corrected chi connectivity index (χ3v) is 2.33. The smallest absolute Gasteiger partial charge is 0.0975 e. The first-order valence-corrected chi connectivity index (χ1v) is 3.76. The van der Waals surface area contributed by atoms with Crippen LogP contribution >= 0.6 is 0 Å². The van der Waals surface area contributed by atoms with Crippen LogP contribution in [0.1, 0.15) is 17.2 Å². The molecule has 1 aromatic rings. The van der Waals surface area contributed by atoms with Crippen LogP contribution in [0.3, 0.4) is 0 Å². The van der Waals surface area contributed by atoms with Crippen LogP contribution < -0.4 is 0 Å². The van der Waals surface area contributed by atoms with Gasteiger partial charge in [-0.05, 0) is 0 Å². The van der Waals surface area contributed by atoms with E-state index in [0.717, 1.165) is 13.1 Å². The van der Waals surface area contributed by atoms with Gasteiger partial charge in [-0.3, -0.25) is 4.99 Å². The number of fused-ring (bicyclic) bond motifs is 4. The van der Waals surface area contributed by atoms with Gasteiger partial charge < -0.3 is 9.32 Å². The molecule has 3 nitrogen and oxygen atoms in total. The molecule has 11 heavy (non-hydrogen) atoms. The number of hydrogen-bond donors (Lipinski definition) is 0. The quantitative estimate of drug-likeness (QED) is 0.552. The zero-order valence-electron chi connectivity index (χ0n) is 6.03. The first-order chi connectivity index (χ1) is 5.43. The minimum Gasteiger partial charge on any atom is -0.472 e. The van der Waals surface area contributed by atoms with Crippen LogP contribution in [0.2, 0.25) is 0 Å². The maximum absolute atomic E-state index is 5.12. The van der Waals surface area contributed by atoms with Crippen LogP contribution in [0.4, 0.5) is 0 Å². The van der Waals surface area contributed by atoms with Gasteiger partial charge in [-0.25, -0.2) is 0 Å². The lowest BCUT2D eigenvalue weighted by molar-refractivity contribution is 0.403. The van der Waals surface area contributed by atoms with E-state index in [9.17, 15) is 0 Å². The van der Waals surface area contributed by atoms with Crippen molar-refractivity contribution in [2.24, 2.45) is 4.99 Å². The summed E-state index contributed by atoms with van der Waals surface area (Å²) in [6.07, 6.45) is 5.58. The molecule has 0 radical (unpaired) electrons. The summed E-state index contributed by atoms with van der Waals surface area (Å²) >= 11 is 0. The Morgan fingerprint density at radius 3 is 3.55 bits per heavy atom. The van der Waals surface area contributed by atoms with Crippen LogP contribution in [0.5, 0.6) is 0 Å². The van der Waals surface area contributed by atoms with E-state index in [2.05, 4.69) is 9.89 Å². The van der Waals surface area contributed by atoms with Crippen molar-refractivity contribution in [2.75, 3.05) is 6.54 Å². The molecule has 0 aliphatic carbocycles. The van der Waals surface area contributed by atoms with Gasteiger partial charge in [0.2, 0.25) is 0 Å².